The summed E-state index contributed by atoms with van der Waals surface area (Å²) in [5.74, 6) is -0.290. The quantitative estimate of drug-likeness (QED) is 0.694. The molecule has 0 saturated carbocycles. The predicted octanol–water partition coefficient (Wildman–Crippen LogP) is 3.25. The van der Waals surface area contributed by atoms with Gasteiger partial charge in [-0.3, -0.25) is 10.1 Å². The third kappa shape index (κ3) is 3.70. The molecule has 7 nitrogen and oxygen atoms in total. The summed E-state index contributed by atoms with van der Waals surface area (Å²) in [6.07, 6.45) is 0. The van der Waals surface area contributed by atoms with Crippen LogP contribution in [0.5, 0.6) is 5.75 Å². The standard InChI is InChI=1S/C18H15N3O4S/c1-24-12-9-7-11(8-10-12)16-20-21-18(26-16)19-15(22)13-5-3-4-6-14(13)17(23)25-2/h3-10H,1-2H3,(H,19,21,22). The van der Waals surface area contributed by atoms with E-state index < -0.39 is 11.9 Å². The van der Waals surface area contributed by atoms with Crippen molar-refractivity contribution < 1.29 is 19.1 Å². The number of carbonyl (C=O) groups excluding carboxylic acids is 2. The number of carbonyl (C=O) groups is 2. The lowest BCUT2D eigenvalue weighted by Crippen LogP contribution is -2.17. The van der Waals surface area contributed by atoms with Gasteiger partial charge in [-0.1, -0.05) is 23.5 Å². The van der Waals surface area contributed by atoms with Gasteiger partial charge in [0.2, 0.25) is 5.13 Å². The van der Waals surface area contributed by atoms with Gasteiger partial charge in [-0.15, -0.1) is 10.2 Å². The number of amides is 1. The molecule has 0 aliphatic carbocycles. The predicted molar refractivity (Wildman–Crippen MR) is 97.6 cm³/mol. The summed E-state index contributed by atoms with van der Waals surface area (Å²) in [6.45, 7) is 0. The Balaban J connectivity index is 1.79. The minimum atomic E-state index is -0.577. The van der Waals surface area contributed by atoms with E-state index in [0.717, 1.165) is 11.3 Å². The van der Waals surface area contributed by atoms with Crippen LogP contribution in [0.1, 0.15) is 20.7 Å². The molecule has 0 fully saturated rings. The number of methoxy groups -OCH3 is 2. The lowest BCUT2D eigenvalue weighted by molar-refractivity contribution is 0.0597. The molecule has 1 aromatic heterocycles. The summed E-state index contributed by atoms with van der Waals surface area (Å²) in [4.78, 5) is 24.3. The molecule has 1 heterocycles. The van der Waals surface area contributed by atoms with Crippen LogP contribution in [0.3, 0.4) is 0 Å². The number of nitrogens with zero attached hydrogens (tertiary/aromatic N) is 2. The van der Waals surface area contributed by atoms with E-state index in [2.05, 4.69) is 15.5 Å². The summed E-state index contributed by atoms with van der Waals surface area (Å²) in [5, 5.41) is 11.7. The first-order valence-electron chi connectivity index (χ1n) is 7.59. The molecule has 0 aliphatic heterocycles. The van der Waals surface area contributed by atoms with Crippen molar-refractivity contribution in [2.24, 2.45) is 0 Å². The average molecular weight is 369 g/mol. The number of aromatic nitrogens is 2. The average Bonchev–Trinajstić information content (AvgIpc) is 3.15. The second-order valence-corrected chi connectivity index (χ2v) is 6.11. The maximum atomic E-state index is 12.5. The van der Waals surface area contributed by atoms with Gasteiger partial charge in [0.1, 0.15) is 10.8 Å². The van der Waals surface area contributed by atoms with Crippen molar-refractivity contribution in [2.75, 3.05) is 19.5 Å². The molecule has 1 amide bonds. The second-order valence-electron chi connectivity index (χ2n) is 5.13. The van der Waals surface area contributed by atoms with Crippen LogP contribution in [-0.4, -0.2) is 36.3 Å². The molecule has 26 heavy (non-hydrogen) atoms. The van der Waals surface area contributed by atoms with E-state index in [0.29, 0.717) is 10.1 Å². The first-order valence-corrected chi connectivity index (χ1v) is 8.40. The van der Waals surface area contributed by atoms with E-state index in [4.69, 9.17) is 9.47 Å². The van der Waals surface area contributed by atoms with Crippen molar-refractivity contribution in [1.82, 2.24) is 10.2 Å². The second kappa shape index (κ2) is 7.75. The largest absolute Gasteiger partial charge is 0.497 e. The number of hydrogen-bond acceptors (Lipinski definition) is 7. The van der Waals surface area contributed by atoms with Gasteiger partial charge in [-0.25, -0.2) is 4.79 Å². The van der Waals surface area contributed by atoms with Gasteiger partial charge in [0.15, 0.2) is 0 Å². The van der Waals surface area contributed by atoms with Crippen molar-refractivity contribution >= 4 is 28.3 Å². The Labute approximate surface area is 153 Å². The van der Waals surface area contributed by atoms with E-state index in [-0.39, 0.29) is 11.1 Å². The third-order valence-corrected chi connectivity index (χ3v) is 4.45. The minimum Gasteiger partial charge on any atom is -0.497 e. The van der Waals surface area contributed by atoms with Crippen LogP contribution in [0.4, 0.5) is 5.13 Å². The molecule has 0 aliphatic rings. The minimum absolute atomic E-state index is 0.187. The molecular weight excluding hydrogens is 354 g/mol. The normalized spacial score (nSPS) is 10.2. The molecule has 0 unspecified atom stereocenters. The van der Waals surface area contributed by atoms with Gasteiger partial charge >= 0.3 is 5.97 Å². The molecule has 132 valence electrons. The van der Waals surface area contributed by atoms with Gasteiger partial charge in [0.05, 0.1) is 25.3 Å². The topological polar surface area (TPSA) is 90.4 Å². The molecule has 3 rings (SSSR count). The fourth-order valence-corrected chi connectivity index (χ4v) is 3.00. The molecule has 0 radical (unpaired) electrons. The number of anilines is 1. The van der Waals surface area contributed by atoms with E-state index in [1.54, 1.807) is 25.3 Å². The van der Waals surface area contributed by atoms with Crippen molar-refractivity contribution in [1.29, 1.82) is 0 Å². The number of ether oxygens (including phenoxy) is 2. The number of rotatable bonds is 5. The molecule has 0 bridgehead atoms. The zero-order chi connectivity index (χ0) is 18.5. The number of benzene rings is 2. The van der Waals surface area contributed by atoms with Crippen molar-refractivity contribution in [3.05, 3.63) is 59.7 Å². The zero-order valence-electron chi connectivity index (χ0n) is 14.1. The van der Waals surface area contributed by atoms with Crippen LogP contribution in [0.2, 0.25) is 0 Å². The SMILES string of the molecule is COC(=O)c1ccccc1C(=O)Nc1nnc(-c2ccc(OC)cc2)s1. The molecule has 0 saturated heterocycles. The van der Waals surface area contributed by atoms with Crippen molar-refractivity contribution in [3.8, 4) is 16.3 Å². The van der Waals surface area contributed by atoms with Gasteiger partial charge in [0, 0.05) is 5.56 Å². The van der Waals surface area contributed by atoms with E-state index in [9.17, 15) is 9.59 Å². The smallest absolute Gasteiger partial charge is 0.338 e. The molecule has 0 spiro atoms. The highest BCUT2D eigenvalue weighted by atomic mass is 32.1. The third-order valence-electron chi connectivity index (χ3n) is 3.56. The molecule has 1 N–H and O–H groups in total. The first-order chi connectivity index (χ1) is 12.6. The Morgan fingerprint density at radius 2 is 1.65 bits per heavy atom. The van der Waals surface area contributed by atoms with Crippen LogP contribution in [-0.2, 0) is 4.74 Å². The Morgan fingerprint density at radius 3 is 2.31 bits per heavy atom. The van der Waals surface area contributed by atoms with Gasteiger partial charge in [-0.2, -0.15) is 0 Å². The zero-order valence-corrected chi connectivity index (χ0v) is 14.9. The van der Waals surface area contributed by atoms with Gasteiger partial charge < -0.3 is 9.47 Å². The number of nitrogens with one attached hydrogen (secondary N) is 1. The fourth-order valence-electron chi connectivity index (χ4n) is 2.26. The molecule has 0 atom stereocenters. The van der Waals surface area contributed by atoms with Crippen molar-refractivity contribution in [2.45, 2.75) is 0 Å². The summed E-state index contributed by atoms with van der Waals surface area (Å²) >= 11 is 1.23. The molecule has 8 heteroatoms. The van der Waals surface area contributed by atoms with Crippen LogP contribution in [0.15, 0.2) is 48.5 Å². The van der Waals surface area contributed by atoms with Crippen molar-refractivity contribution in [3.63, 3.8) is 0 Å². The van der Waals surface area contributed by atoms with E-state index >= 15 is 0 Å². The van der Waals surface area contributed by atoms with E-state index in [1.165, 1.54) is 24.5 Å². The fraction of sp³-hybridized carbons (Fsp3) is 0.111. The molecular formula is C18H15N3O4S. The van der Waals surface area contributed by atoms with E-state index in [1.807, 2.05) is 24.3 Å². The summed E-state index contributed by atoms with van der Waals surface area (Å²) in [7, 11) is 2.86. The molecule has 3 aromatic rings. The van der Waals surface area contributed by atoms with Gasteiger partial charge in [-0.05, 0) is 36.4 Å². The monoisotopic (exact) mass is 369 g/mol. The Morgan fingerprint density at radius 1 is 0.962 bits per heavy atom. The molecule has 2 aromatic carbocycles. The highest BCUT2D eigenvalue weighted by Gasteiger charge is 2.18. The Bertz CT molecular complexity index is 938. The Hall–Kier alpha value is -3.26. The first kappa shape index (κ1) is 17.6. The van der Waals surface area contributed by atoms with Crippen LogP contribution < -0.4 is 10.1 Å². The van der Waals surface area contributed by atoms with Gasteiger partial charge in [0.25, 0.3) is 5.91 Å². The Kier molecular flexibility index (Phi) is 5.23. The van der Waals surface area contributed by atoms with Crippen LogP contribution in [0, 0.1) is 0 Å². The lowest BCUT2D eigenvalue weighted by atomic mass is 10.1. The highest BCUT2D eigenvalue weighted by molar-refractivity contribution is 7.18. The summed E-state index contributed by atoms with van der Waals surface area (Å²) < 4.78 is 9.83. The maximum Gasteiger partial charge on any atom is 0.338 e. The summed E-state index contributed by atoms with van der Waals surface area (Å²) in [5.41, 5.74) is 1.26. The number of esters is 1. The maximum absolute atomic E-state index is 12.5. The number of hydrogen-bond donors (Lipinski definition) is 1. The van der Waals surface area contributed by atoms with Crippen LogP contribution >= 0.6 is 11.3 Å². The highest BCUT2D eigenvalue weighted by Crippen LogP contribution is 2.28. The van der Waals surface area contributed by atoms with Crippen LogP contribution in [0.25, 0.3) is 10.6 Å². The lowest BCUT2D eigenvalue weighted by Gasteiger charge is -2.06. The summed E-state index contributed by atoms with van der Waals surface area (Å²) in [6, 6.07) is 13.8.